The molecule has 528 valence electrons. The van der Waals surface area contributed by atoms with Gasteiger partial charge in [-0.1, -0.05) is 182 Å². The van der Waals surface area contributed by atoms with Gasteiger partial charge in [0.2, 0.25) is 0 Å². The van der Waals surface area contributed by atoms with Gasteiger partial charge < -0.3 is 37.6 Å². The SMILES string of the molecule is c1ccc(-c2cc(-c3ccccc3)cc(-c3cccc(-n4c5ccccc5c5cc(-c6ccc7c(c6)c6ccccc6n7-c6cc7c8c(c6)Oc6cc(-c9cc%10c%11c(c9)Oc9ccccc9N%11c9ccccc9O%10)ccc6N8c6ccc(-c8cc9c%10c(c8)Oc8ccccc8N%10c8ccccc8O9)cc6O7)ccc54)c3)c2)cc1. The molecular formula is C102H59N5O6. The van der Waals surface area contributed by atoms with Gasteiger partial charge in [0.25, 0.3) is 0 Å². The number of hydrogen-bond donors (Lipinski definition) is 0. The third kappa shape index (κ3) is 9.30. The number of ether oxygens (including phenoxy) is 6. The zero-order chi connectivity index (χ0) is 73.7. The molecule has 6 aliphatic heterocycles. The monoisotopic (exact) mass is 1450 g/mol. The van der Waals surface area contributed by atoms with Crippen molar-refractivity contribution in [1.29, 1.82) is 0 Å². The first-order chi connectivity index (χ1) is 55.9. The summed E-state index contributed by atoms with van der Waals surface area (Å²) in [6.07, 6.45) is 0. The quantitative estimate of drug-likeness (QED) is 0.148. The van der Waals surface area contributed by atoms with Crippen LogP contribution in [0.4, 0.5) is 51.2 Å². The molecule has 0 spiro atoms. The van der Waals surface area contributed by atoms with Crippen molar-refractivity contribution in [3.05, 3.63) is 358 Å². The molecular weight excluding hydrogens is 1390 g/mol. The number of benzene rings is 17. The van der Waals surface area contributed by atoms with E-state index in [1.165, 1.54) is 33.0 Å². The van der Waals surface area contributed by atoms with E-state index >= 15 is 0 Å². The summed E-state index contributed by atoms with van der Waals surface area (Å²) in [7, 11) is 0. The second-order valence-electron chi connectivity index (χ2n) is 29.5. The molecule has 11 nitrogen and oxygen atoms in total. The summed E-state index contributed by atoms with van der Waals surface area (Å²) in [5.41, 5.74) is 27.2. The lowest BCUT2D eigenvalue weighted by Crippen LogP contribution is -2.21. The zero-order valence-corrected chi connectivity index (χ0v) is 60.2. The first kappa shape index (κ1) is 61.5. The number of rotatable bonds is 8. The van der Waals surface area contributed by atoms with Crippen molar-refractivity contribution in [2.24, 2.45) is 0 Å². The maximum absolute atomic E-state index is 7.39. The van der Waals surface area contributed by atoms with Gasteiger partial charge in [-0.25, -0.2) is 0 Å². The van der Waals surface area contributed by atoms with Crippen molar-refractivity contribution in [3.8, 4) is 147 Å². The first-order valence-corrected chi connectivity index (χ1v) is 38.1. The molecule has 0 bridgehead atoms. The van der Waals surface area contributed by atoms with Gasteiger partial charge in [0, 0.05) is 39.4 Å². The fourth-order valence-corrected chi connectivity index (χ4v) is 18.1. The highest BCUT2D eigenvalue weighted by Crippen LogP contribution is 2.66. The van der Waals surface area contributed by atoms with Crippen LogP contribution in [0.15, 0.2) is 358 Å². The molecule has 0 unspecified atom stereocenters. The second-order valence-corrected chi connectivity index (χ2v) is 29.5. The molecule has 0 amide bonds. The fourth-order valence-electron chi connectivity index (χ4n) is 18.1. The molecule has 6 aliphatic rings. The minimum atomic E-state index is 0.636. The number of nitrogens with zero attached hydrogens (tertiary/aromatic N) is 5. The van der Waals surface area contributed by atoms with Crippen LogP contribution in [0, 0.1) is 0 Å². The van der Waals surface area contributed by atoms with Crippen LogP contribution in [0.1, 0.15) is 0 Å². The molecule has 2 aromatic heterocycles. The van der Waals surface area contributed by atoms with E-state index in [1.54, 1.807) is 0 Å². The Morgan fingerprint density at radius 3 is 0.876 bits per heavy atom. The van der Waals surface area contributed by atoms with Gasteiger partial charge in [0.05, 0.1) is 61.9 Å². The number of fused-ring (bicyclic) bond motifs is 18. The van der Waals surface area contributed by atoms with Crippen molar-refractivity contribution in [2.45, 2.75) is 0 Å². The highest BCUT2D eigenvalue weighted by atomic mass is 16.5. The van der Waals surface area contributed by atoms with Crippen molar-refractivity contribution >= 4 is 94.8 Å². The predicted octanol–water partition coefficient (Wildman–Crippen LogP) is 28.9. The molecule has 19 aromatic rings. The Morgan fingerprint density at radius 2 is 0.442 bits per heavy atom. The topological polar surface area (TPSA) is 75.0 Å². The van der Waals surface area contributed by atoms with E-state index in [9.17, 15) is 0 Å². The van der Waals surface area contributed by atoms with Crippen LogP contribution in [0.25, 0.3) is 122 Å². The summed E-state index contributed by atoms with van der Waals surface area (Å²) in [6.45, 7) is 0. The maximum atomic E-state index is 7.39. The van der Waals surface area contributed by atoms with Crippen LogP contribution in [0.2, 0.25) is 0 Å². The maximum Gasteiger partial charge on any atom is 0.157 e. The third-order valence-electron chi connectivity index (χ3n) is 23.1. The Morgan fingerprint density at radius 1 is 0.150 bits per heavy atom. The predicted molar refractivity (Wildman–Crippen MR) is 452 cm³/mol. The molecule has 17 aromatic carbocycles. The van der Waals surface area contributed by atoms with Gasteiger partial charge >= 0.3 is 0 Å². The van der Waals surface area contributed by atoms with E-state index in [0.29, 0.717) is 46.0 Å². The molecule has 0 N–H and O–H groups in total. The lowest BCUT2D eigenvalue weighted by molar-refractivity contribution is 0.444. The summed E-state index contributed by atoms with van der Waals surface area (Å²) in [5.74, 6) is 8.41. The molecule has 0 radical (unpaired) electrons. The Kier molecular flexibility index (Phi) is 12.8. The highest BCUT2D eigenvalue weighted by Gasteiger charge is 2.40. The lowest BCUT2D eigenvalue weighted by atomic mass is 9.93. The molecule has 0 fully saturated rings. The van der Waals surface area contributed by atoms with Crippen molar-refractivity contribution < 1.29 is 28.4 Å². The molecule has 25 rings (SSSR count). The minimum absolute atomic E-state index is 0.636. The number of aromatic nitrogens is 2. The molecule has 0 atom stereocenters. The van der Waals surface area contributed by atoms with Crippen LogP contribution in [-0.4, -0.2) is 9.13 Å². The Bertz CT molecular complexity index is 6940. The van der Waals surface area contributed by atoms with Crippen LogP contribution < -0.4 is 43.1 Å². The molecule has 8 heterocycles. The minimum Gasteiger partial charge on any atom is -0.453 e. The largest absolute Gasteiger partial charge is 0.453 e. The summed E-state index contributed by atoms with van der Waals surface area (Å²) in [6, 6.07) is 127. The molecule has 0 aliphatic carbocycles. The average molecular weight is 1450 g/mol. The number of hydrogen-bond acceptors (Lipinski definition) is 9. The summed E-state index contributed by atoms with van der Waals surface area (Å²) < 4.78 is 46.7. The van der Waals surface area contributed by atoms with E-state index in [0.717, 1.165) is 163 Å². The third-order valence-corrected chi connectivity index (χ3v) is 23.1. The smallest absolute Gasteiger partial charge is 0.157 e. The van der Waals surface area contributed by atoms with Crippen molar-refractivity contribution in [1.82, 2.24) is 9.13 Å². The average Bonchev–Trinajstić information content (AvgIpc) is 1.63. The second kappa shape index (κ2) is 23.5. The summed E-state index contributed by atoms with van der Waals surface area (Å²) in [5, 5.41) is 4.59. The molecule has 113 heavy (non-hydrogen) atoms. The Balaban J connectivity index is 0.615. The Labute approximate surface area is 648 Å². The van der Waals surface area contributed by atoms with Gasteiger partial charge in [-0.05, 0) is 231 Å². The zero-order valence-electron chi connectivity index (χ0n) is 60.2. The fraction of sp³-hybridized carbons (Fsp3) is 0. The van der Waals surface area contributed by atoms with E-state index in [1.807, 2.05) is 72.8 Å². The standard InChI is InChI=1S/C102H59N5O6/c1-3-20-60(21-4-1)67-46-68(61-22-5-2-6-23-61)48-69(47-67)62-24-19-25-72(49-62)103-78-28-9-7-26-74(78)76-50-63(38-42-80(76)103)64-39-43-81-77(51-64)75-27-8-10-29-79(75)104(81)73-58-98-102-99(59-73)113-93-53-66(71-56-96-101-97(57-71)111-91-37-18-14-33-85(91)106(101)84-32-13-17-36-90(84)110-96)41-45-87(93)107(102)86-44-40-65(52-92(86)112-98)70-54-94-100-95(55-70)109-89-35-16-12-31-83(89)105(100)82-30-11-15-34-88(82)108-94/h1-59H. The van der Waals surface area contributed by atoms with Gasteiger partial charge in [0.15, 0.2) is 69.0 Å². The molecule has 0 saturated carbocycles. The Hall–Kier alpha value is -15.5. The van der Waals surface area contributed by atoms with E-state index in [4.69, 9.17) is 28.4 Å². The van der Waals surface area contributed by atoms with Crippen LogP contribution in [0.5, 0.6) is 69.0 Å². The highest BCUT2D eigenvalue weighted by molar-refractivity contribution is 6.14. The normalized spacial score (nSPS) is 13.2. The van der Waals surface area contributed by atoms with Crippen LogP contribution >= 0.6 is 0 Å². The van der Waals surface area contributed by atoms with Gasteiger partial charge in [0.1, 0.15) is 17.1 Å². The van der Waals surface area contributed by atoms with Gasteiger partial charge in [-0.2, -0.15) is 0 Å². The van der Waals surface area contributed by atoms with Crippen molar-refractivity contribution in [2.75, 3.05) is 14.7 Å². The van der Waals surface area contributed by atoms with E-state index in [-0.39, 0.29) is 0 Å². The number of para-hydroxylation sites is 10. The van der Waals surface area contributed by atoms with Crippen LogP contribution in [-0.2, 0) is 0 Å². The van der Waals surface area contributed by atoms with Crippen molar-refractivity contribution in [3.63, 3.8) is 0 Å². The molecule has 11 heteroatoms. The molecule has 0 saturated heterocycles. The summed E-state index contributed by atoms with van der Waals surface area (Å²) in [4.78, 5) is 6.78. The van der Waals surface area contributed by atoms with Gasteiger partial charge in [-0.15, -0.1) is 0 Å². The lowest BCUT2D eigenvalue weighted by Gasteiger charge is -2.39. The number of anilines is 9. The van der Waals surface area contributed by atoms with Gasteiger partial charge in [-0.3, -0.25) is 14.7 Å². The first-order valence-electron chi connectivity index (χ1n) is 38.1. The van der Waals surface area contributed by atoms with Crippen LogP contribution in [0.3, 0.4) is 0 Å². The van der Waals surface area contributed by atoms with E-state index in [2.05, 4.69) is 309 Å². The summed E-state index contributed by atoms with van der Waals surface area (Å²) >= 11 is 0. The van der Waals surface area contributed by atoms with E-state index < -0.39 is 0 Å².